The maximum absolute atomic E-state index is 5.27. The summed E-state index contributed by atoms with van der Waals surface area (Å²) in [6, 6.07) is 7.74. The molecule has 0 bridgehead atoms. The van der Waals surface area contributed by atoms with Crippen molar-refractivity contribution in [3.63, 3.8) is 0 Å². The van der Waals surface area contributed by atoms with E-state index in [0.717, 1.165) is 21.4 Å². The zero-order valence-corrected chi connectivity index (χ0v) is 11.3. The number of aromatic nitrogens is 2. The number of hydrogen-bond acceptors (Lipinski definition) is 5. The predicted octanol–water partition coefficient (Wildman–Crippen LogP) is 2.95. The number of rotatable bonds is 4. The summed E-state index contributed by atoms with van der Waals surface area (Å²) in [5.74, 6) is 1.44. The Morgan fingerprint density at radius 2 is 1.78 bits per heavy atom. The molecule has 2 aromatic rings. The first-order chi connectivity index (χ1) is 8.72. The number of nitrogens with zero attached hydrogens (tertiary/aromatic N) is 2. The number of benzene rings is 1. The fourth-order valence-electron chi connectivity index (χ4n) is 1.49. The molecule has 0 N–H and O–H groups in total. The largest absolute Gasteiger partial charge is 0.493 e. The van der Waals surface area contributed by atoms with Crippen LogP contribution in [0.4, 0.5) is 0 Å². The number of ether oxygens (including phenoxy) is 2. The molecule has 0 amide bonds. The molecule has 1 aromatic heterocycles. The Labute approximate surface area is 110 Å². The van der Waals surface area contributed by atoms with Gasteiger partial charge in [-0.25, -0.2) is 9.97 Å². The molecule has 0 aliphatic rings. The first-order valence-corrected chi connectivity index (χ1v) is 6.23. The number of methoxy groups -OCH3 is 2. The summed E-state index contributed by atoms with van der Waals surface area (Å²) in [6.45, 7) is 1.94. The van der Waals surface area contributed by atoms with Gasteiger partial charge in [0.05, 0.1) is 14.2 Å². The van der Waals surface area contributed by atoms with Crippen LogP contribution in [-0.4, -0.2) is 24.2 Å². The molecule has 0 fully saturated rings. The molecule has 0 aliphatic carbocycles. The summed E-state index contributed by atoms with van der Waals surface area (Å²) >= 11 is 1.56. The molecule has 5 heteroatoms. The van der Waals surface area contributed by atoms with E-state index in [0.29, 0.717) is 5.75 Å². The van der Waals surface area contributed by atoms with E-state index in [1.807, 2.05) is 31.2 Å². The Hall–Kier alpha value is -1.75. The van der Waals surface area contributed by atoms with Gasteiger partial charge in [0.1, 0.15) is 11.4 Å². The Balaban J connectivity index is 2.24. The second kappa shape index (κ2) is 5.73. The Morgan fingerprint density at radius 3 is 2.44 bits per heavy atom. The molecule has 0 radical (unpaired) electrons. The van der Waals surface area contributed by atoms with Gasteiger partial charge in [0.2, 0.25) is 0 Å². The van der Waals surface area contributed by atoms with Gasteiger partial charge in [-0.05, 0) is 31.2 Å². The van der Waals surface area contributed by atoms with Gasteiger partial charge in [-0.2, -0.15) is 0 Å². The molecule has 0 saturated heterocycles. The molecule has 2 rings (SSSR count). The van der Waals surface area contributed by atoms with E-state index in [1.54, 1.807) is 32.3 Å². The van der Waals surface area contributed by atoms with Crippen LogP contribution in [0.1, 0.15) is 5.69 Å². The monoisotopic (exact) mass is 262 g/mol. The van der Waals surface area contributed by atoms with Crippen LogP contribution in [0, 0.1) is 6.92 Å². The van der Waals surface area contributed by atoms with Gasteiger partial charge >= 0.3 is 0 Å². The lowest BCUT2D eigenvalue weighted by Gasteiger charge is -2.09. The summed E-state index contributed by atoms with van der Waals surface area (Å²) in [6.07, 6.45) is 1.57. The number of hydrogen-bond donors (Lipinski definition) is 0. The molecule has 4 nitrogen and oxygen atoms in total. The Kier molecular flexibility index (Phi) is 4.04. The molecule has 0 atom stereocenters. The molecule has 0 spiro atoms. The highest BCUT2D eigenvalue weighted by molar-refractivity contribution is 7.99. The van der Waals surface area contributed by atoms with Crippen LogP contribution in [0.5, 0.6) is 11.5 Å². The average Bonchev–Trinajstić information content (AvgIpc) is 2.38. The maximum Gasteiger partial charge on any atom is 0.161 e. The van der Waals surface area contributed by atoms with Crippen molar-refractivity contribution in [2.24, 2.45) is 0 Å². The SMILES string of the molecule is COc1ccc(Sc2cc(C)ncn2)cc1OC. The number of aryl methyl sites for hydroxylation is 1. The fraction of sp³-hybridized carbons (Fsp3) is 0.231. The highest BCUT2D eigenvalue weighted by Gasteiger charge is 2.06. The highest BCUT2D eigenvalue weighted by atomic mass is 32.2. The van der Waals surface area contributed by atoms with Gasteiger partial charge < -0.3 is 9.47 Å². The van der Waals surface area contributed by atoms with Gasteiger partial charge in [0.15, 0.2) is 11.5 Å². The van der Waals surface area contributed by atoms with Crippen LogP contribution < -0.4 is 9.47 Å². The van der Waals surface area contributed by atoms with Gasteiger partial charge in [0.25, 0.3) is 0 Å². The summed E-state index contributed by atoms with van der Waals surface area (Å²) < 4.78 is 10.5. The molecule has 18 heavy (non-hydrogen) atoms. The van der Waals surface area contributed by atoms with Gasteiger partial charge in [-0.15, -0.1) is 0 Å². The van der Waals surface area contributed by atoms with Gasteiger partial charge in [0, 0.05) is 10.6 Å². The van der Waals surface area contributed by atoms with E-state index in [-0.39, 0.29) is 0 Å². The van der Waals surface area contributed by atoms with Crippen molar-refractivity contribution < 1.29 is 9.47 Å². The van der Waals surface area contributed by atoms with Crippen molar-refractivity contribution >= 4 is 11.8 Å². The van der Waals surface area contributed by atoms with Gasteiger partial charge in [-0.1, -0.05) is 11.8 Å². The van der Waals surface area contributed by atoms with E-state index in [4.69, 9.17) is 9.47 Å². The predicted molar refractivity (Wildman–Crippen MR) is 70.4 cm³/mol. The molecule has 1 aromatic carbocycles. The Bertz CT molecular complexity index is 546. The van der Waals surface area contributed by atoms with Crippen LogP contribution in [0.25, 0.3) is 0 Å². The van der Waals surface area contributed by atoms with Crippen molar-refractivity contribution in [1.82, 2.24) is 9.97 Å². The quantitative estimate of drug-likeness (QED) is 0.793. The smallest absolute Gasteiger partial charge is 0.161 e. The van der Waals surface area contributed by atoms with Crippen molar-refractivity contribution in [3.05, 3.63) is 36.3 Å². The third kappa shape index (κ3) is 2.92. The van der Waals surface area contributed by atoms with E-state index in [1.165, 1.54) is 0 Å². The van der Waals surface area contributed by atoms with E-state index in [9.17, 15) is 0 Å². The summed E-state index contributed by atoms with van der Waals surface area (Å²) in [5.41, 5.74) is 0.952. The summed E-state index contributed by atoms with van der Waals surface area (Å²) in [5, 5.41) is 0.912. The maximum atomic E-state index is 5.27. The molecule has 0 aliphatic heterocycles. The Morgan fingerprint density at radius 1 is 1.00 bits per heavy atom. The van der Waals surface area contributed by atoms with Crippen LogP contribution >= 0.6 is 11.8 Å². The van der Waals surface area contributed by atoms with E-state index < -0.39 is 0 Å². The van der Waals surface area contributed by atoms with Crippen LogP contribution in [0.2, 0.25) is 0 Å². The topological polar surface area (TPSA) is 44.2 Å². The summed E-state index contributed by atoms with van der Waals surface area (Å²) in [4.78, 5) is 9.33. The third-order valence-electron chi connectivity index (χ3n) is 2.36. The van der Waals surface area contributed by atoms with Crippen LogP contribution in [0.3, 0.4) is 0 Å². The minimum Gasteiger partial charge on any atom is -0.493 e. The summed E-state index contributed by atoms with van der Waals surface area (Å²) in [7, 11) is 3.25. The standard InChI is InChI=1S/C13H14N2O2S/c1-9-6-13(15-8-14-9)18-10-4-5-11(16-2)12(7-10)17-3/h4-8H,1-3H3. The van der Waals surface area contributed by atoms with E-state index >= 15 is 0 Å². The normalized spacial score (nSPS) is 10.2. The van der Waals surface area contributed by atoms with Crippen molar-refractivity contribution in [2.75, 3.05) is 14.2 Å². The molecular weight excluding hydrogens is 248 g/mol. The molecule has 0 saturated carbocycles. The van der Waals surface area contributed by atoms with Crippen molar-refractivity contribution in [2.45, 2.75) is 16.8 Å². The van der Waals surface area contributed by atoms with Crippen LogP contribution in [-0.2, 0) is 0 Å². The molecule has 94 valence electrons. The zero-order valence-electron chi connectivity index (χ0n) is 10.5. The van der Waals surface area contributed by atoms with Crippen LogP contribution in [0.15, 0.2) is 40.5 Å². The lowest BCUT2D eigenvalue weighted by atomic mass is 10.3. The lowest BCUT2D eigenvalue weighted by molar-refractivity contribution is 0.354. The first-order valence-electron chi connectivity index (χ1n) is 5.41. The minimum atomic E-state index is 0.716. The lowest BCUT2D eigenvalue weighted by Crippen LogP contribution is -1.90. The van der Waals surface area contributed by atoms with Crippen molar-refractivity contribution in [1.29, 1.82) is 0 Å². The van der Waals surface area contributed by atoms with Gasteiger partial charge in [-0.3, -0.25) is 0 Å². The van der Waals surface area contributed by atoms with E-state index in [2.05, 4.69) is 9.97 Å². The first kappa shape index (κ1) is 12.7. The molecule has 0 unspecified atom stereocenters. The highest BCUT2D eigenvalue weighted by Crippen LogP contribution is 2.34. The van der Waals surface area contributed by atoms with Crippen molar-refractivity contribution in [3.8, 4) is 11.5 Å². The minimum absolute atomic E-state index is 0.716. The molecule has 1 heterocycles. The second-order valence-electron chi connectivity index (χ2n) is 3.62. The zero-order chi connectivity index (χ0) is 13.0. The second-order valence-corrected chi connectivity index (χ2v) is 4.71. The third-order valence-corrected chi connectivity index (χ3v) is 3.28. The molecular formula is C13H14N2O2S. The average molecular weight is 262 g/mol. The fourth-order valence-corrected chi connectivity index (χ4v) is 2.36.